The molecule has 210 valence electrons. The molecule has 2 aliphatic rings. The van der Waals surface area contributed by atoms with Crippen LogP contribution >= 0.6 is 0 Å². The van der Waals surface area contributed by atoms with E-state index < -0.39 is 11.2 Å². The third-order valence-electron chi connectivity index (χ3n) is 7.38. The van der Waals surface area contributed by atoms with Crippen LogP contribution in [0.3, 0.4) is 0 Å². The second-order valence-electron chi connectivity index (χ2n) is 10.8. The highest BCUT2D eigenvalue weighted by Crippen LogP contribution is 2.46. The molecule has 1 unspecified atom stereocenters. The predicted molar refractivity (Wildman–Crippen MR) is 149 cm³/mol. The number of halogens is 1. The number of benzene rings is 1. The van der Waals surface area contributed by atoms with Crippen molar-refractivity contribution in [2.75, 3.05) is 16.0 Å². The van der Waals surface area contributed by atoms with E-state index >= 15 is 0 Å². The van der Waals surface area contributed by atoms with E-state index in [4.69, 9.17) is 15.0 Å². The maximum atomic E-state index is 13.8. The first-order valence-corrected chi connectivity index (χ1v) is 13.3. The quantitative estimate of drug-likeness (QED) is 0.278. The Labute approximate surface area is 238 Å². The van der Waals surface area contributed by atoms with Crippen molar-refractivity contribution in [2.24, 2.45) is 5.92 Å². The zero-order valence-corrected chi connectivity index (χ0v) is 22.8. The van der Waals surface area contributed by atoms with Crippen molar-refractivity contribution in [3.8, 4) is 11.5 Å². The smallest absolute Gasteiger partial charge is 0.240 e. The summed E-state index contributed by atoms with van der Waals surface area (Å²) in [5.74, 6) is 0.630. The molecule has 42 heavy (non-hydrogen) atoms. The molecule has 2 aliphatic heterocycles. The molecule has 14 heteroatoms. The third kappa shape index (κ3) is 4.10. The molecule has 0 saturated heterocycles. The van der Waals surface area contributed by atoms with Gasteiger partial charge in [-0.05, 0) is 37.0 Å². The molecule has 2 amide bonds. The fourth-order valence-corrected chi connectivity index (χ4v) is 5.32. The number of hydrogen-bond donors (Lipinski definition) is 3. The van der Waals surface area contributed by atoms with E-state index in [1.54, 1.807) is 36.0 Å². The number of aromatic nitrogens is 8. The molecule has 6 heterocycles. The first-order valence-electron chi connectivity index (χ1n) is 13.3. The largest absolute Gasteiger partial charge is 0.310 e. The van der Waals surface area contributed by atoms with Gasteiger partial charge in [0.25, 0.3) is 0 Å². The van der Waals surface area contributed by atoms with Crippen LogP contribution < -0.4 is 16.0 Å². The van der Waals surface area contributed by atoms with Gasteiger partial charge in [-0.15, -0.1) is 0 Å². The van der Waals surface area contributed by atoms with Crippen LogP contribution in [0, 0.1) is 11.7 Å². The highest BCUT2D eigenvalue weighted by molar-refractivity contribution is 6.09. The van der Waals surface area contributed by atoms with Crippen LogP contribution in [0.15, 0.2) is 43.0 Å². The third-order valence-corrected chi connectivity index (χ3v) is 7.38. The van der Waals surface area contributed by atoms with Crippen molar-refractivity contribution < 1.29 is 14.0 Å². The molecule has 13 nitrogen and oxygen atoms in total. The van der Waals surface area contributed by atoms with Crippen LogP contribution in [0.4, 0.5) is 27.8 Å². The van der Waals surface area contributed by atoms with Crippen molar-refractivity contribution in [1.29, 1.82) is 0 Å². The average molecular weight is 566 g/mol. The maximum absolute atomic E-state index is 13.8. The van der Waals surface area contributed by atoms with Crippen molar-refractivity contribution in [2.45, 2.75) is 39.0 Å². The normalized spacial score (nSPS) is 17.4. The number of carbonyl (C=O) groups is 2. The highest BCUT2D eigenvalue weighted by atomic mass is 19.1. The van der Waals surface area contributed by atoms with Crippen LogP contribution in [-0.2, 0) is 27.8 Å². The summed E-state index contributed by atoms with van der Waals surface area (Å²) in [5.41, 5.74) is 2.16. The summed E-state index contributed by atoms with van der Waals surface area (Å²) in [7, 11) is 0. The van der Waals surface area contributed by atoms with E-state index in [-0.39, 0.29) is 41.6 Å². The molecule has 0 spiro atoms. The molecule has 0 radical (unpaired) electrons. The Balaban J connectivity index is 1.41. The van der Waals surface area contributed by atoms with Crippen LogP contribution in [-0.4, -0.2) is 51.3 Å². The molecule has 3 N–H and O–H groups in total. The van der Waals surface area contributed by atoms with Crippen molar-refractivity contribution >= 4 is 40.9 Å². The molecule has 0 fully saturated rings. The number of hydrogen-bond acceptors (Lipinski definition) is 10. The van der Waals surface area contributed by atoms with Gasteiger partial charge in [0, 0.05) is 11.8 Å². The fraction of sp³-hybridized carbons (Fsp3) is 0.250. The lowest BCUT2D eigenvalue weighted by molar-refractivity contribution is -0.119. The van der Waals surface area contributed by atoms with Gasteiger partial charge in [-0.1, -0.05) is 26.0 Å². The van der Waals surface area contributed by atoms with Gasteiger partial charge >= 0.3 is 0 Å². The zero-order chi connectivity index (χ0) is 29.2. The van der Waals surface area contributed by atoms with E-state index in [9.17, 15) is 14.0 Å². The Morgan fingerprint density at radius 1 is 1.05 bits per heavy atom. The summed E-state index contributed by atoms with van der Waals surface area (Å²) in [5, 5.41) is 13.0. The molecule has 1 aromatic carbocycles. The molecule has 1 atom stereocenters. The lowest BCUT2D eigenvalue weighted by Crippen LogP contribution is -2.33. The monoisotopic (exact) mass is 565 g/mol. The summed E-state index contributed by atoms with van der Waals surface area (Å²) < 4.78 is 15.5. The van der Waals surface area contributed by atoms with Crippen molar-refractivity contribution in [1.82, 2.24) is 39.5 Å². The number of nitrogens with zero attached hydrogens (tertiary/aromatic N) is 8. The van der Waals surface area contributed by atoms with Gasteiger partial charge in [0.05, 0.1) is 23.9 Å². The number of amides is 2. The van der Waals surface area contributed by atoms with E-state index in [1.165, 1.54) is 18.5 Å². The van der Waals surface area contributed by atoms with Gasteiger partial charge in [-0.3, -0.25) is 9.59 Å². The lowest BCUT2D eigenvalue weighted by Gasteiger charge is -2.24. The van der Waals surface area contributed by atoms with E-state index in [1.807, 2.05) is 0 Å². The van der Waals surface area contributed by atoms with Crippen LogP contribution in [0.5, 0.6) is 0 Å². The second kappa shape index (κ2) is 9.33. The summed E-state index contributed by atoms with van der Waals surface area (Å²) in [4.78, 5) is 53.0. The molecule has 4 aromatic heterocycles. The van der Waals surface area contributed by atoms with Gasteiger partial charge in [0.15, 0.2) is 11.5 Å². The van der Waals surface area contributed by atoms with Gasteiger partial charge in [-0.2, -0.15) is 10.1 Å². The number of carbonyl (C=O) groups excluding carboxylic acids is 2. The average Bonchev–Trinajstić information content (AvgIpc) is 3.64. The summed E-state index contributed by atoms with van der Waals surface area (Å²) in [6.07, 6.45) is 5.54. The molecular formula is C28H24FN11O2. The van der Waals surface area contributed by atoms with Crippen LogP contribution in [0.1, 0.15) is 43.2 Å². The summed E-state index contributed by atoms with van der Waals surface area (Å²) in [6.45, 7) is 5.89. The van der Waals surface area contributed by atoms with E-state index in [0.29, 0.717) is 46.2 Å². The molecule has 0 bridgehead atoms. The van der Waals surface area contributed by atoms with E-state index in [2.05, 4.69) is 49.8 Å². The minimum Gasteiger partial charge on any atom is -0.310 e. The minimum absolute atomic E-state index is 0.156. The van der Waals surface area contributed by atoms with Crippen LogP contribution in [0.25, 0.3) is 17.2 Å². The first-order chi connectivity index (χ1) is 20.2. The standard InChI is InChI=1S/C28H24FN11O2/c1-13(2)8-17-25-31-12-32-40(25)11-18(33-17)22-35-23-20(28(3,26(42)37-23)15-4-6-16(29)7-5-15)24(36-22)39-27-30-10-14-9-19(41)34-21(14)38-27/h4-7,10-13H,8-9H2,1-3H3,(H3,30,34,35,36,37,38,39,41,42). The summed E-state index contributed by atoms with van der Waals surface area (Å²) >= 11 is 0. The van der Waals surface area contributed by atoms with Gasteiger partial charge in [0.1, 0.15) is 40.7 Å². The molecule has 5 aromatic rings. The number of nitrogens with one attached hydrogen (secondary N) is 3. The molecular weight excluding hydrogens is 541 g/mol. The van der Waals surface area contributed by atoms with Crippen LogP contribution in [0.2, 0.25) is 0 Å². The fourth-order valence-electron chi connectivity index (χ4n) is 5.32. The molecule has 0 saturated carbocycles. The summed E-state index contributed by atoms with van der Waals surface area (Å²) in [6, 6.07) is 5.71. The Kier molecular flexibility index (Phi) is 5.68. The topological polar surface area (TPSA) is 165 Å². The first kappa shape index (κ1) is 25.6. The minimum atomic E-state index is -1.28. The van der Waals surface area contributed by atoms with Crippen molar-refractivity contribution in [3.63, 3.8) is 0 Å². The SMILES string of the molecule is CC(C)Cc1nc(-c2nc3c(c(Nc4ncc5c(n4)NC(=O)C5)n2)C(C)(c2ccc(F)cc2)C(=O)N3)cn2ncnc12. The Hall–Kier alpha value is -5.40. The predicted octanol–water partition coefficient (Wildman–Crippen LogP) is 3.21. The van der Waals surface area contributed by atoms with Crippen molar-refractivity contribution in [3.05, 3.63) is 71.2 Å². The molecule has 7 rings (SSSR count). The van der Waals surface area contributed by atoms with Gasteiger partial charge in [0.2, 0.25) is 17.8 Å². The Morgan fingerprint density at radius 2 is 1.86 bits per heavy atom. The Bertz CT molecular complexity index is 1920. The maximum Gasteiger partial charge on any atom is 0.240 e. The number of anilines is 4. The zero-order valence-electron chi connectivity index (χ0n) is 22.8. The number of rotatable bonds is 6. The van der Waals surface area contributed by atoms with Gasteiger partial charge in [-0.25, -0.2) is 33.8 Å². The highest BCUT2D eigenvalue weighted by Gasteiger charge is 2.48. The Morgan fingerprint density at radius 3 is 2.64 bits per heavy atom. The lowest BCUT2D eigenvalue weighted by atomic mass is 9.77. The van der Waals surface area contributed by atoms with Gasteiger partial charge < -0.3 is 16.0 Å². The van der Waals surface area contributed by atoms with E-state index in [0.717, 1.165) is 5.69 Å². The number of fused-ring (bicyclic) bond motifs is 3. The second-order valence-corrected chi connectivity index (χ2v) is 10.8. The molecule has 0 aliphatic carbocycles.